The zero-order valence-electron chi connectivity index (χ0n) is 10.4. The van der Waals surface area contributed by atoms with Crippen LogP contribution in [0, 0.1) is 5.41 Å². The lowest BCUT2D eigenvalue weighted by atomic mass is 9.97. The minimum atomic E-state index is -0.323. The third kappa shape index (κ3) is 2.93. The summed E-state index contributed by atoms with van der Waals surface area (Å²) in [5.74, 6) is -0.323. The Morgan fingerprint density at radius 1 is 1.50 bits per heavy atom. The van der Waals surface area contributed by atoms with Gasteiger partial charge in [0.05, 0.1) is 12.7 Å². The van der Waals surface area contributed by atoms with Crippen molar-refractivity contribution in [3.8, 4) is 0 Å². The van der Waals surface area contributed by atoms with Gasteiger partial charge in [-0.05, 0) is 48.8 Å². The number of aryl methyl sites for hydroxylation is 1. The fourth-order valence-corrected chi connectivity index (χ4v) is 2.64. The van der Waals surface area contributed by atoms with Crippen molar-refractivity contribution in [2.24, 2.45) is 5.41 Å². The number of hydrogen-bond donors (Lipinski definition) is 1. The van der Waals surface area contributed by atoms with Crippen LogP contribution in [0.25, 0.3) is 0 Å². The largest absolute Gasteiger partial charge is 0.465 e. The molecule has 0 amide bonds. The Kier molecular flexibility index (Phi) is 4.07. The second kappa shape index (κ2) is 5.41. The third-order valence-electron chi connectivity index (χ3n) is 3.69. The first-order valence-corrected chi connectivity index (χ1v) is 6.87. The Hall–Kier alpha value is -0.870. The lowest BCUT2D eigenvalue weighted by molar-refractivity contribution is 0.0600. The number of methoxy groups -OCH3 is 1. The van der Waals surface area contributed by atoms with Crippen LogP contribution in [0.3, 0.4) is 0 Å². The van der Waals surface area contributed by atoms with E-state index in [1.54, 1.807) is 12.1 Å². The molecule has 3 nitrogen and oxygen atoms in total. The summed E-state index contributed by atoms with van der Waals surface area (Å²) < 4.78 is 5.61. The molecule has 2 rings (SSSR count). The molecule has 0 saturated heterocycles. The standard InChI is InChI=1S/C14H17BrO3/c1-18-13(17)11-3-2-10(12(15)8-11)4-5-14(9-16)6-7-14/h2-3,8,16H,4-7,9H2,1H3. The number of rotatable bonds is 5. The predicted molar refractivity (Wildman–Crippen MR) is 72.6 cm³/mol. The molecule has 0 atom stereocenters. The van der Waals surface area contributed by atoms with Crippen LogP contribution in [0.5, 0.6) is 0 Å². The highest BCUT2D eigenvalue weighted by atomic mass is 79.9. The van der Waals surface area contributed by atoms with Crippen LogP contribution in [0.4, 0.5) is 0 Å². The van der Waals surface area contributed by atoms with Gasteiger partial charge in [-0.2, -0.15) is 0 Å². The number of hydrogen-bond acceptors (Lipinski definition) is 3. The Labute approximate surface area is 115 Å². The normalized spacial score (nSPS) is 16.4. The molecule has 1 saturated carbocycles. The van der Waals surface area contributed by atoms with Gasteiger partial charge in [0.25, 0.3) is 0 Å². The van der Waals surface area contributed by atoms with E-state index in [-0.39, 0.29) is 18.0 Å². The number of aliphatic hydroxyl groups is 1. The Morgan fingerprint density at radius 3 is 2.72 bits per heavy atom. The zero-order chi connectivity index (χ0) is 13.2. The number of benzene rings is 1. The Morgan fingerprint density at radius 2 is 2.22 bits per heavy atom. The molecule has 0 aliphatic heterocycles. The molecule has 1 fully saturated rings. The molecular formula is C14H17BrO3. The highest BCUT2D eigenvalue weighted by Crippen LogP contribution is 2.49. The Balaban J connectivity index is 2.03. The van der Waals surface area contributed by atoms with Crippen LogP contribution in [0.1, 0.15) is 35.2 Å². The average molecular weight is 313 g/mol. The fourth-order valence-electron chi connectivity index (χ4n) is 2.06. The third-order valence-corrected chi connectivity index (χ3v) is 4.43. The molecule has 0 spiro atoms. The smallest absolute Gasteiger partial charge is 0.337 e. The van der Waals surface area contributed by atoms with Crippen molar-refractivity contribution in [3.63, 3.8) is 0 Å². The van der Waals surface area contributed by atoms with E-state index < -0.39 is 0 Å². The summed E-state index contributed by atoms with van der Waals surface area (Å²) in [5, 5.41) is 9.28. The lowest BCUT2D eigenvalue weighted by Crippen LogP contribution is -2.08. The molecule has 1 aliphatic rings. The quantitative estimate of drug-likeness (QED) is 0.850. The molecule has 98 valence electrons. The molecule has 0 radical (unpaired) electrons. The molecule has 0 aromatic heterocycles. The van der Waals surface area contributed by atoms with Crippen molar-refractivity contribution in [1.82, 2.24) is 0 Å². The van der Waals surface area contributed by atoms with E-state index in [1.165, 1.54) is 12.7 Å². The number of esters is 1. The summed E-state index contributed by atoms with van der Waals surface area (Å²) in [6, 6.07) is 5.52. The monoisotopic (exact) mass is 312 g/mol. The van der Waals surface area contributed by atoms with Crippen molar-refractivity contribution in [3.05, 3.63) is 33.8 Å². The summed E-state index contributed by atoms with van der Waals surface area (Å²) in [5.41, 5.74) is 1.89. The molecule has 1 aromatic rings. The van der Waals surface area contributed by atoms with Crippen molar-refractivity contribution < 1.29 is 14.6 Å². The molecule has 1 N–H and O–H groups in total. The van der Waals surface area contributed by atoms with E-state index in [0.29, 0.717) is 5.56 Å². The van der Waals surface area contributed by atoms with E-state index in [2.05, 4.69) is 20.7 Å². The molecule has 0 heterocycles. The number of ether oxygens (including phenoxy) is 1. The van der Waals surface area contributed by atoms with Gasteiger partial charge in [0.1, 0.15) is 0 Å². The maximum absolute atomic E-state index is 11.4. The zero-order valence-corrected chi connectivity index (χ0v) is 12.0. The number of halogens is 1. The first-order chi connectivity index (χ1) is 8.60. The lowest BCUT2D eigenvalue weighted by Gasteiger charge is -2.12. The van der Waals surface area contributed by atoms with E-state index in [0.717, 1.165) is 30.2 Å². The topological polar surface area (TPSA) is 46.5 Å². The highest BCUT2D eigenvalue weighted by molar-refractivity contribution is 9.10. The van der Waals surface area contributed by atoms with Crippen LogP contribution in [0.2, 0.25) is 0 Å². The van der Waals surface area contributed by atoms with Crippen molar-refractivity contribution in [1.29, 1.82) is 0 Å². The van der Waals surface area contributed by atoms with Crippen molar-refractivity contribution >= 4 is 21.9 Å². The number of carbonyl (C=O) groups is 1. The van der Waals surface area contributed by atoms with Gasteiger partial charge in [-0.15, -0.1) is 0 Å². The van der Waals surface area contributed by atoms with Crippen LogP contribution in [0.15, 0.2) is 22.7 Å². The van der Waals surface area contributed by atoms with Gasteiger partial charge >= 0.3 is 5.97 Å². The van der Waals surface area contributed by atoms with E-state index >= 15 is 0 Å². The molecule has 0 bridgehead atoms. The van der Waals surface area contributed by atoms with E-state index in [4.69, 9.17) is 0 Å². The predicted octanol–water partition coefficient (Wildman–Crippen LogP) is 2.94. The van der Waals surface area contributed by atoms with Crippen LogP contribution >= 0.6 is 15.9 Å². The molecular weight excluding hydrogens is 296 g/mol. The minimum Gasteiger partial charge on any atom is -0.465 e. The van der Waals surface area contributed by atoms with Gasteiger partial charge in [-0.25, -0.2) is 4.79 Å². The van der Waals surface area contributed by atoms with Crippen LogP contribution in [-0.2, 0) is 11.2 Å². The maximum atomic E-state index is 11.4. The summed E-state index contributed by atoms with van der Waals surface area (Å²) in [4.78, 5) is 11.4. The molecule has 1 aromatic carbocycles. The number of aliphatic hydroxyl groups excluding tert-OH is 1. The maximum Gasteiger partial charge on any atom is 0.337 e. The van der Waals surface area contributed by atoms with Crippen LogP contribution in [-0.4, -0.2) is 24.8 Å². The SMILES string of the molecule is COC(=O)c1ccc(CCC2(CO)CC2)c(Br)c1. The van der Waals surface area contributed by atoms with Gasteiger partial charge < -0.3 is 9.84 Å². The molecule has 4 heteroatoms. The molecule has 0 unspecified atom stereocenters. The van der Waals surface area contributed by atoms with Gasteiger partial charge in [0.15, 0.2) is 0 Å². The molecule has 1 aliphatic carbocycles. The van der Waals surface area contributed by atoms with Gasteiger partial charge in [-0.3, -0.25) is 0 Å². The highest BCUT2D eigenvalue weighted by Gasteiger charge is 2.41. The summed E-state index contributed by atoms with van der Waals surface area (Å²) >= 11 is 3.48. The second-order valence-corrected chi connectivity index (χ2v) is 5.81. The minimum absolute atomic E-state index is 0.167. The average Bonchev–Trinajstić information content (AvgIpc) is 3.17. The van der Waals surface area contributed by atoms with Crippen molar-refractivity contribution in [2.75, 3.05) is 13.7 Å². The summed E-state index contributed by atoms with van der Waals surface area (Å²) in [6.07, 6.45) is 4.17. The first-order valence-electron chi connectivity index (χ1n) is 6.08. The fraction of sp³-hybridized carbons (Fsp3) is 0.500. The van der Waals surface area contributed by atoms with E-state index in [9.17, 15) is 9.90 Å². The summed E-state index contributed by atoms with van der Waals surface area (Å²) in [7, 11) is 1.38. The van der Waals surface area contributed by atoms with Gasteiger partial charge in [0, 0.05) is 11.1 Å². The van der Waals surface area contributed by atoms with Gasteiger partial charge in [-0.1, -0.05) is 22.0 Å². The van der Waals surface area contributed by atoms with Gasteiger partial charge in [0.2, 0.25) is 0 Å². The Bertz CT molecular complexity index is 452. The molecule has 18 heavy (non-hydrogen) atoms. The van der Waals surface area contributed by atoms with Crippen LogP contribution < -0.4 is 0 Å². The van der Waals surface area contributed by atoms with E-state index in [1.807, 2.05) is 6.07 Å². The second-order valence-electron chi connectivity index (χ2n) is 4.96. The number of carbonyl (C=O) groups excluding carboxylic acids is 1. The van der Waals surface area contributed by atoms with Crippen molar-refractivity contribution in [2.45, 2.75) is 25.7 Å². The first kappa shape index (κ1) is 13.6. The summed E-state index contributed by atoms with van der Waals surface area (Å²) in [6.45, 7) is 0.283.